The molecule has 0 N–H and O–H groups in total. The van der Waals surface area contributed by atoms with Crippen molar-refractivity contribution < 1.29 is 33.7 Å². The van der Waals surface area contributed by atoms with Crippen LogP contribution in [0.5, 0.6) is 11.5 Å². The van der Waals surface area contributed by atoms with Crippen molar-refractivity contribution in [2.24, 2.45) is 28.1 Å². The van der Waals surface area contributed by atoms with Crippen LogP contribution in [0, 0.1) is 27.9 Å². The number of nitro groups is 1. The minimum atomic E-state index is -0.501. The van der Waals surface area contributed by atoms with E-state index in [4.69, 9.17) is 19.1 Å². The zero-order valence-electron chi connectivity index (χ0n) is 29.9. The van der Waals surface area contributed by atoms with E-state index in [1.54, 1.807) is 53.0 Å². The third-order valence-electron chi connectivity index (χ3n) is 7.54. The van der Waals surface area contributed by atoms with Gasteiger partial charge in [-0.2, -0.15) is 0 Å². The number of ether oxygens (including phenoxy) is 2. The minimum absolute atomic E-state index is 0.0704. The van der Waals surface area contributed by atoms with Gasteiger partial charge in [-0.15, -0.1) is 0 Å². The lowest BCUT2D eigenvalue weighted by molar-refractivity contribution is -0.385. The van der Waals surface area contributed by atoms with E-state index in [2.05, 4.69) is 31.1 Å². The Balaban J connectivity index is 2.54. The van der Waals surface area contributed by atoms with E-state index >= 15 is 0 Å². The highest BCUT2D eigenvalue weighted by Crippen LogP contribution is 2.35. The Morgan fingerprint density at radius 2 is 1.35 bits per heavy atom. The van der Waals surface area contributed by atoms with Crippen LogP contribution in [0.1, 0.15) is 117 Å². The lowest BCUT2D eigenvalue weighted by Crippen LogP contribution is -2.12. The summed E-state index contributed by atoms with van der Waals surface area (Å²) in [6.07, 6.45) is 7.09. The van der Waals surface area contributed by atoms with Crippen molar-refractivity contribution in [2.45, 2.75) is 106 Å². The number of carbonyl (C=O) groups is 2. The van der Waals surface area contributed by atoms with Gasteiger partial charge in [0, 0.05) is 25.3 Å². The lowest BCUT2D eigenvalue weighted by atomic mass is 9.97. The molecule has 48 heavy (non-hydrogen) atoms. The van der Waals surface area contributed by atoms with E-state index in [0.717, 1.165) is 43.2 Å². The second-order valence-electron chi connectivity index (χ2n) is 12.9. The highest BCUT2D eigenvalue weighted by molar-refractivity contribution is 6.02. The fourth-order valence-electron chi connectivity index (χ4n) is 4.59. The second-order valence-corrected chi connectivity index (χ2v) is 12.9. The van der Waals surface area contributed by atoms with Crippen LogP contribution >= 0.6 is 0 Å². The predicted molar refractivity (Wildman–Crippen MR) is 188 cm³/mol. The van der Waals surface area contributed by atoms with E-state index in [9.17, 15) is 19.7 Å². The molecule has 0 radical (unpaired) electrons. The van der Waals surface area contributed by atoms with Crippen molar-refractivity contribution in [3.63, 3.8) is 0 Å². The molecule has 0 amide bonds. The van der Waals surface area contributed by atoms with Gasteiger partial charge in [-0.05, 0) is 85.9 Å². The first-order valence-electron chi connectivity index (χ1n) is 17.0. The Kier molecular flexibility index (Phi) is 17.5. The van der Waals surface area contributed by atoms with Crippen LogP contribution in [0.2, 0.25) is 0 Å². The largest absolute Gasteiger partial charge is 0.450 e. The number of hydrogen-bond acceptors (Lipinski definition) is 10. The van der Waals surface area contributed by atoms with Crippen molar-refractivity contribution in [1.29, 1.82) is 0 Å². The first-order valence-corrected chi connectivity index (χ1v) is 17.0. The van der Waals surface area contributed by atoms with Gasteiger partial charge in [0.1, 0.15) is 5.75 Å². The molecule has 0 saturated heterocycles. The average molecular weight is 668 g/mol. The smallest absolute Gasteiger partial charge is 0.337 e. The number of oxime groups is 2. The molecule has 0 fully saturated rings. The number of aryl methyl sites for hydroxylation is 1. The standard InChI is InChI=1S/C37H53N3O8/c1-9-10-16-31(38-47-36(41)26(4)5)28-18-20-34(30(23-28)15-12-11-14-25(2)3)46-35-21-19-29(24-33(35)40(43)44)32(17-13-22-45-8)39-48-37(42)27(6)7/h18-21,23-27H,9-17,22H2,1-8H3/b38-31+,39-32+. The van der Waals surface area contributed by atoms with Gasteiger partial charge in [0.05, 0.1) is 28.2 Å². The molecule has 0 aromatic heterocycles. The average Bonchev–Trinajstić information content (AvgIpc) is 3.05. The molecule has 0 saturated carbocycles. The molecule has 2 rings (SSSR count). The second kappa shape index (κ2) is 21.0. The zero-order chi connectivity index (χ0) is 35.6. The SMILES string of the molecule is CCCC/C(=N\OC(=O)C(C)C)c1ccc(Oc2ccc(/C(CCCOC)=N/OC(=O)C(C)C)cc2[N+](=O)[O-])c(CCCCC(C)C)c1. The number of nitrogens with zero attached hydrogens (tertiary/aromatic N) is 3. The molecule has 0 aliphatic heterocycles. The molecular weight excluding hydrogens is 614 g/mol. The molecule has 11 heteroatoms. The molecule has 2 aromatic rings. The number of rotatable bonds is 21. The Morgan fingerprint density at radius 1 is 0.792 bits per heavy atom. The first kappa shape index (κ1) is 40.1. The van der Waals surface area contributed by atoms with Gasteiger partial charge >= 0.3 is 17.6 Å². The molecule has 0 heterocycles. The Labute approximate surface area is 285 Å². The zero-order valence-corrected chi connectivity index (χ0v) is 29.9. The number of methoxy groups -OCH3 is 1. The summed E-state index contributed by atoms with van der Waals surface area (Å²) in [5.41, 5.74) is 2.93. The predicted octanol–water partition coefficient (Wildman–Crippen LogP) is 9.18. The van der Waals surface area contributed by atoms with E-state index in [-0.39, 0.29) is 23.3 Å². The summed E-state index contributed by atoms with van der Waals surface area (Å²) < 4.78 is 11.4. The highest BCUT2D eigenvalue weighted by Gasteiger charge is 2.22. The van der Waals surface area contributed by atoms with Crippen LogP contribution in [0.4, 0.5) is 5.69 Å². The summed E-state index contributed by atoms with van der Waals surface area (Å²) in [5.74, 6) is -0.451. The summed E-state index contributed by atoms with van der Waals surface area (Å²) >= 11 is 0. The third-order valence-corrected chi connectivity index (χ3v) is 7.54. The lowest BCUT2D eigenvalue weighted by Gasteiger charge is -2.15. The summed E-state index contributed by atoms with van der Waals surface area (Å²) in [6.45, 7) is 13.8. The maximum Gasteiger partial charge on any atom is 0.337 e. The van der Waals surface area contributed by atoms with Gasteiger partial charge in [0.2, 0.25) is 5.75 Å². The number of benzene rings is 2. The van der Waals surface area contributed by atoms with Gasteiger partial charge < -0.3 is 19.1 Å². The molecule has 11 nitrogen and oxygen atoms in total. The number of hydrogen-bond donors (Lipinski definition) is 0. The summed E-state index contributed by atoms with van der Waals surface area (Å²) in [7, 11) is 1.58. The number of carbonyl (C=O) groups excluding carboxylic acids is 2. The van der Waals surface area contributed by atoms with Crippen molar-refractivity contribution in [2.75, 3.05) is 13.7 Å². The Morgan fingerprint density at radius 3 is 1.88 bits per heavy atom. The number of unbranched alkanes of at least 4 members (excludes halogenated alkanes) is 2. The summed E-state index contributed by atoms with van der Waals surface area (Å²) in [4.78, 5) is 46.5. The third kappa shape index (κ3) is 13.5. The number of nitro benzene ring substituents is 1. The van der Waals surface area contributed by atoms with Crippen LogP contribution in [0.3, 0.4) is 0 Å². The van der Waals surface area contributed by atoms with E-state index in [0.29, 0.717) is 60.9 Å². The topological polar surface area (TPSA) is 139 Å². The minimum Gasteiger partial charge on any atom is -0.450 e. The Hall–Kier alpha value is -4.12. The van der Waals surface area contributed by atoms with Gasteiger partial charge in [-0.1, -0.05) is 78.0 Å². The van der Waals surface area contributed by atoms with Crippen LogP contribution in [0.25, 0.3) is 0 Å². The molecule has 0 unspecified atom stereocenters. The summed E-state index contributed by atoms with van der Waals surface area (Å²) in [6, 6.07) is 10.2. The van der Waals surface area contributed by atoms with Crippen LogP contribution in [-0.4, -0.2) is 42.0 Å². The van der Waals surface area contributed by atoms with Crippen molar-refractivity contribution in [1.82, 2.24) is 0 Å². The fourth-order valence-corrected chi connectivity index (χ4v) is 4.59. The first-order chi connectivity index (χ1) is 22.9. The monoisotopic (exact) mass is 667 g/mol. The fraction of sp³-hybridized carbons (Fsp3) is 0.568. The van der Waals surface area contributed by atoms with Crippen molar-refractivity contribution in [3.8, 4) is 11.5 Å². The molecule has 2 aromatic carbocycles. The molecule has 0 atom stereocenters. The van der Waals surface area contributed by atoms with E-state index < -0.39 is 16.9 Å². The molecule has 0 spiro atoms. The van der Waals surface area contributed by atoms with Crippen LogP contribution in [-0.2, 0) is 30.4 Å². The maximum absolute atomic E-state index is 12.3. The normalized spacial score (nSPS) is 12.1. The molecule has 0 aliphatic rings. The molecular formula is C37H53N3O8. The molecule has 0 aliphatic carbocycles. The quantitative estimate of drug-likeness (QED) is 0.0422. The van der Waals surface area contributed by atoms with Gasteiger partial charge in [-0.25, -0.2) is 9.59 Å². The highest BCUT2D eigenvalue weighted by atomic mass is 16.7. The van der Waals surface area contributed by atoms with E-state index in [1.165, 1.54) is 6.07 Å². The van der Waals surface area contributed by atoms with E-state index in [1.807, 2.05) is 12.1 Å². The van der Waals surface area contributed by atoms with Crippen LogP contribution < -0.4 is 4.74 Å². The van der Waals surface area contributed by atoms with Crippen molar-refractivity contribution >= 4 is 29.0 Å². The Bertz CT molecular complexity index is 1420. The summed E-state index contributed by atoms with van der Waals surface area (Å²) in [5, 5.41) is 20.6. The van der Waals surface area contributed by atoms with Crippen LogP contribution in [0.15, 0.2) is 46.7 Å². The van der Waals surface area contributed by atoms with Gasteiger partial charge in [0.25, 0.3) is 0 Å². The van der Waals surface area contributed by atoms with Gasteiger partial charge in [0.15, 0.2) is 0 Å². The molecule has 0 bridgehead atoms. The van der Waals surface area contributed by atoms with Gasteiger partial charge in [-0.3, -0.25) is 10.1 Å². The maximum atomic E-state index is 12.3. The van der Waals surface area contributed by atoms with Crippen molar-refractivity contribution in [3.05, 3.63) is 63.2 Å². The molecule has 264 valence electrons.